The lowest BCUT2D eigenvalue weighted by Gasteiger charge is -2.37. The highest BCUT2D eigenvalue weighted by molar-refractivity contribution is 5.97. The number of para-hydroxylation sites is 1. The smallest absolute Gasteiger partial charge is 0.387 e. The number of hydrogen-bond donors (Lipinski definition) is 1. The number of benzene rings is 1. The predicted molar refractivity (Wildman–Crippen MR) is 98.3 cm³/mol. The molecule has 0 aromatic heterocycles. The van der Waals surface area contributed by atoms with Crippen molar-refractivity contribution < 1.29 is 18.3 Å². The Hall–Kier alpha value is -1.44. The number of piperazine rings is 1. The molecule has 1 aromatic rings. The van der Waals surface area contributed by atoms with E-state index in [1.807, 2.05) is 0 Å². The van der Waals surface area contributed by atoms with Crippen LogP contribution < -0.4 is 10.1 Å². The van der Waals surface area contributed by atoms with Gasteiger partial charge in [0.05, 0.1) is 5.56 Å². The third-order valence-corrected chi connectivity index (χ3v) is 4.97. The molecule has 5 nitrogen and oxygen atoms in total. The normalized spacial score (nSPS) is 19.3. The largest absolute Gasteiger partial charge is 0.434 e. The summed E-state index contributed by atoms with van der Waals surface area (Å²) in [5, 5.41) is 3.37. The fourth-order valence-corrected chi connectivity index (χ4v) is 3.58. The first kappa shape index (κ1) is 20.9. The van der Waals surface area contributed by atoms with Crippen molar-refractivity contribution in [3.63, 3.8) is 0 Å². The molecule has 0 saturated carbocycles. The molecule has 146 valence electrons. The Labute approximate surface area is 159 Å². The monoisotopic (exact) mass is 389 g/mol. The highest BCUT2D eigenvalue weighted by Crippen LogP contribution is 2.23. The van der Waals surface area contributed by atoms with Gasteiger partial charge in [0.25, 0.3) is 5.91 Å². The zero-order valence-electron chi connectivity index (χ0n) is 14.7. The molecule has 1 N–H and O–H groups in total. The van der Waals surface area contributed by atoms with Gasteiger partial charge in [-0.3, -0.25) is 9.69 Å². The molecule has 0 aliphatic carbocycles. The summed E-state index contributed by atoms with van der Waals surface area (Å²) in [7, 11) is 0. The molecular weight excluding hydrogens is 364 g/mol. The zero-order chi connectivity index (χ0) is 17.6. The second-order valence-electron chi connectivity index (χ2n) is 6.66. The fraction of sp³-hybridized carbons (Fsp3) is 0.611. The van der Waals surface area contributed by atoms with E-state index >= 15 is 0 Å². The summed E-state index contributed by atoms with van der Waals surface area (Å²) in [6.07, 6.45) is 2.41. The molecule has 1 aromatic carbocycles. The number of rotatable bonds is 5. The van der Waals surface area contributed by atoms with Crippen molar-refractivity contribution in [1.29, 1.82) is 0 Å². The second kappa shape index (κ2) is 10.0. The van der Waals surface area contributed by atoms with E-state index < -0.39 is 6.61 Å². The molecule has 2 heterocycles. The number of hydrogen-bond acceptors (Lipinski definition) is 4. The molecule has 1 amide bonds. The highest BCUT2D eigenvalue weighted by Gasteiger charge is 2.26. The number of piperidine rings is 1. The Morgan fingerprint density at radius 3 is 2.46 bits per heavy atom. The Bertz CT molecular complexity index is 577. The number of nitrogens with zero attached hydrogens (tertiary/aromatic N) is 2. The minimum absolute atomic E-state index is 0. The van der Waals surface area contributed by atoms with Crippen LogP contribution in [0.2, 0.25) is 0 Å². The van der Waals surface area contributed by atoms with Gasteiger partial charge in [-0.05, 0) is 44.0 Å². The van der Waals surface area contributed by atoms with Crippen molar-refractivity contribution in [3.8, 4) is 5.75 Å². The zero-order valence-corrected chi connectivity index (χ0v) is 15.5. The van der Waals surface area contributed by atoms with Gasteiger partial charge in [-0.15, -0.1) is 12.4 Å². The number of alkyl halides is 2. The van der Waals surface area contributed by atoms with Gasteiger partial charge in [0.2, 0.25) is 0 Å². The lowest BCUT2D eigenvalue weighted by atomic mass is 9.97. The summed E-state index contributed by atoms with van der Waals surface area (Å²) >= 11 is 0. The Balaban J connectivity index is 0.00000243. The Kier molecular flexibility index (Phi) is 8.06. The van der Waals surface area contributed by atoms with Crippen LogP contribution in [0.3, 0.4) is 0 Å². The van der Waals surface area contributed by atoms with Crippen LogP contribution in [0.15, 0.2) is 24.3 Å². The van der Waals surface area contributed by atoms with Crippen LogP contribution in [0.4, 0.5) is 8.78 Å². The number of carbonyl (C=O) groups is 1. The maximum Gasteiger partial charge on any atom is 0.387 e. The van der Waals surface area contributed by atoms with Crippen molar-refractivity contribution in [2.45, 2.75) is 19.5 Å². The molecular formula is C18H26ClF2N3O2. The number of nitrogens with one attached hydrogen (secondary N) is 1. The standard InChI is InChI=1S/C18H25F2N3O2.ClH/c19-18(20)25-16-4-2-1-3-15(16)17(24)23-11-9-22(10-12-23)13-14-5-7-21-8-6-14;/h1-4,14,18,21H,5-13H2;1H. The lowest BCUT2D eigenvalue weighted by molar-refractivity contribution is -0.0503. The third-order valence-electron chi connectivity index (χ3n) is 4.97. The summed E-state index contributed by atoms with van der Waals surface area (Å²) in [5.41, 5.74) is 0.203. The Morgan fingerprint density at radius 2 is 1.81 bits per heavy atom. The molecule has 2 aliphatic rings. The highest BCUT2D eigenvalue weighted by atomic mass is 35.5. The van der Waals surface area contributed by atoms with Crippen LogP contribution >= 0.6 is 12.4 Å². The first-order valence-corrected chi connectivity index (χ1v) is 8.89. The average molecular weight is 390 g/mol. The molecule has 2 aliphatic heterocycles. The van der Waals surface area contributed by atoms with Crippen LogP contribution in [-0.2, 0) is 0 Å². The molecule has 26 heavy (non-hydrogen) atoms. The molecule has 2 fully saturated rings. The van der Waals surface area contributed by atoms with E-state index in [1.54, 1.807) is 23.1 Å². The lowest BCUT2D eigenvalue weighted by Crippen LogP contribution is -2.50. The number of halogens is 3. The van der Waals surface area contributed by atoms with Crippen LogP contribution in [0.1, 0.15) is 23.2 Å². The summed E-state index contributed by atoms with van der Waals surface area (Å²) < 4.78 is 29.5. The molecule has 8 heteroatoms. The maximum atomic E-state index is 12.7. The van der Waals surface area contributed by atoms with E-state index in [-0.39, 0.29) is 29.6 Å². The van der Waals surface area contributed by atoms with Crippen LogP contribution in [0.5, 0.6) is 5.75 Å². The van der Waals surface area contributed by atoms with Crippen molar-refractivity contribution in [1.82, 2.24) is 15.1 Å². The minimum atomic E-state index is -2.93. The van der Waals surface area contributed by atoms with Crippen molar-refractivity contribution in [2.75, 3.05) is 45.8 Å². The molecule has 3 rings (SSSR count). The molecule has 0 atom stereocenters. The van der Waals surface area contributed by atoms with Gasteiger partial charge >= 0.3 is 6.61 Å². The number of ether oxygens (including phenoxy) is 1. The van der Waals surface area contributed by atoms with Gasteiger partial charge in [0.1, 0.15) is 5.75 Å². The van der Waals surface area contributed by atoms with Crippen LogP contribution in [0, 0.1) is 5.92 Å². The van der Waals surface area contributed by atoms with Crippen LogP contribution in [-0.4, -0.2) is 68.1 Å². The second-order valence-corrected chi connectivity index (χ2v) is 6.66. The van der Waals surface area contributed by atoms with Gasteiger partial charge in [0.15, 0.2) is 0 Å². The SMILES string of the molecule is Cl.O=C(c1ccccc1OC(F)F)N1CCN(CC2CCNCC2)CC1. The molecule has 2 saturated heterocycles. The van der Waals surface area contributed by atoms with Crippen molar-refractivity contribution in [3.05, 3.63) is 29.8 Å². The fourth-order valence-electron chi connectivity index (χ4n) is 3.58. The van der Waals surface area contributed by atoms with Gasteiger partial charge in [0, 0.05) is 32.7 Å². The van der Waals surface area contributed by atoms with Gasteiger partial charge in [-0.25, -0.2) is 0 Å². The summed E-state index contributed by atoms with van der Waals surface area (Å²) in [6, 6.07) is 6.21. The molecule has 0 spiro atoms. The summed E-state index contributed by atoms with van der Waals surface area (Å²) in [5.74, 6) is 0.432. The molecule has 0 unspecified atom stereocenters. The summed E-state index contributed by atoms with van der Waals surface area (Å²) in [4.78, 5) is 16.8. The molecule has 0 bridgehead atoms. The predicted octanol–water partition coefficient (Wildman–Crippen LogP) is 2.47. The average Bonchev–Trinajstić information content (AvgIpc) is 2.63. The first-order chi connectivity index (χ1) is 12.1. The topological polar surface area (TPSA) is 44.8 Å². The van der Waals surface area contributed by atoms with E-state index in [1.165, 1.54) is 18.9 Å². The first-order valence-electron chi connectivity index (χ1n) is 8.89. The number of amides is 1. The van der Waals surface area contributed by atoms with E-state index in [0.29, 0.717) is 13.1 Å². The number of carbonyl (C=O) groups excluding carboxylic acids is 1. The Morgan fingerprint density at radius 1 is 1.15 bits per heavy atom. The van der Waals surface area contributed by atoms with E-state index in [0.717, 1.165) is 38.6 Å². The quantitative estimate of drug-likeness (QED) is 0.840. The van der Waals surface area contributed by atoms with E-state index in [9.17, 15) is 13.6 Å². The van der Waals surface area contributed by atoms with Crippen LogP contribution in [0.25, 0.3) is 0 Å². The van der Waals surface area contributed by atoms with Crippen molar-refractivity contribution >= 4 is 18.3 Å². The maximum absolute atomic E-state index is 12.7. The molecule has 0 radical (unpaired) electrons. The van der Waals surface area contributed by atoms with Crippen molar-refractivity contribution in [2.24, 2.45) is 5.92 Å². The van der Waals surface area contributed by atoms with Gasteiger partial charge in [-0.1, -0.05) is 12.1 Å². The minimum Gasteiger partial charge on any atom is -0.434 e. The van der Waals surface area contributed by atoms with Gasteiger partial charge in [-0.2, -0.15) is 8.78 Å². The van der Waals surface area contributed by atoms with E-state index in [2.05, 4.69) is 15.0 Å². The summed E-state index contributed by atoms with van der Waals surface area (Å²) in [6.45, 7) is 3.21. The third kappa shape index (κ3) is 5.53. The van der Waals surface area contributed by atoms with Gasteiger partial charge < -0.3 is 15.0 Å². The van der Waals surface area contributed by atoms with E-state index in [4.69, 9.17) is 0 Å².